The van der Waals surface area contributed by atoms with Gasteiger partial charge in [-0.25, -0.2) is 0 Å². The Labute approximate surface area is 212 Å². The topological polar surface area (TPSA) is 0 Å². The first-order valence-corrected chi connectivity index (χ1v) is 17.4. The fraction of sp³-hybridized carbons (Fsp3) is 0.625. The maximum atomic E-state index is 2.76. The van der Waals surface area contributed by atoms with E-state index in [9.17, 15) is 0 Å². The fourth-order valence-corrected chi connectivity index (χ4v) is 16.0. The molecule has 3 fully saturated rings. The van der Waals surface area contributed by atoms with Crippen molar-refractivity contribution < 1.29 is 0 Å². The predicted molar refractivity (Wildman–Crippen MR) is 155 cm³/mol. The van der Waals surface area contributed by atoms with Crippen LogP contribution < -0.4 is 10.6 Å². The number of hydrogen-bond acceptors (Lipinski definition) is 0. The van der Waals surface area contributed by atoms with Crippen LogP contribution in [0.2, 0.25) is 0 Å². The number of hydrogen-bond donors (Lipinski definition) is 0. The van der Waals surface area contributed by atoms with Gasteiger partial charge < -0.3 is 0 Å². The monoisotopic (exact) mass is 492 g/mol. The van der Waals surface area contributed by atoms with Gasteiger partial charge in [-0.1, -0.05) is 121 Å². The van der Waals surface area contributed by atoms with E-state index in [0.29, 0.717) is 0 Å². The van der Waals surface area contributed by atoms with Crippen LogP contribution in [0.15, 0.2) is 60.7 Å². The lowest BCUT2D eigenvalue weighted by atomic mass is 9.99. The first kappa shape index (κ1) is 25.0. The average molecular weight is 493 g/mol. The van der Waals surface area contributed by atoms with Gasteiger partial charge in [0.2, 0.25) is 0 Å². The van der Waals surface area contributed by atoms with Gasteiger partial charge in [-0.2, -0.15) is 0 Å². The molecule has 0 N–H and O–H groups in total. The molecule has 1 unspecified atom stereocenters. The van der Waals surface area contributed by atoms with Crippen molar-refractivity contribution in [3.8, 4) is 0 Å². The SMILES string of the molecule is C[C@H]1CC[C@@H]([C@H](C)P(C2CCCCC2)C2CCCCC2)C1P(c1ccccc1)c1ccccc1. The first-order chi connectivity index (χ1) is 16.7. The van der Waals surface area contributed by atoms with Gasteiger partial charge in [0, 0.05) is 0 Å². The summed E-state index contributed by atoms with van der Waals surface area (Å²) in [5, 5.41) is 3.22. The summed E-state index contributed by atoms with van der Waals surface area (Å²) in [5.41, 5.74) is 3.91. The zero-order valence-corrected chi connectivity index (χ0v) is 23.4. The summed E-state index contributed by atoms with van der Waals surface area (Å²) in [4.78, 5) is 0. The highest BCUT2D eigenvalue weighted by Crippen LogP contribution is 2.65. The molecule has 0 spiro atoms. The van der Waals surface area contributed by atoms with Crippen LogP contribution in [0.3, 0.4) is 0 Å². The second kappa shape index (κ2) is 12.0. The van der Waals surface area contributed by atoms with Gasteiger partial charge in [0.05, 0.1) is 0 Å². The van der Waals surface area contributed by atoms with Crippen molar-refractivity contribution in [1.82, 2.24) is 0 Å². The molecule has 0 heterocycles. The zero-order valence-electron chi connectivity index (χ0n) is 21.6. The second-order valence-corrected chi connectivity index (χ2v) is 17.1. The van der Waals surface area contributed by atoms with Gasteiger partial charge >= 0.3 is 0 Å². The first-order valence-electron chi connectivity index (χ1n) is 14.4. The third-order valence-corrected chi connectivity index (χ3v) is 16.7. The van der Waals surface area contributed by atoms with Gasteiger partial charge in [0.25, 0.3) is 0 Å². The maximum Gasteiger partial charge on any atom is -0.00688 e. The van der Waals surface area contributed by atoms with E-state index in [-0.39, 0.29) is 15.8 Å². The Kier molecular flexibility index (Phi) is 8.83. The van der Waals surface area contributed by atoms with E-state index in [4.69, 9.17) is 0 Å². The summed E-state index contributed by atoms with van der Waals surface area (Å²) in [5.74, 6) is 1.75. The summed E-state index contributed by atoms with van der Waals surface area (Å²) in [6.45, 7) is 5.36. The summed E-state index contributed by atoms with van der Waals surface area (Å²) in [6, 6.07) is 23.3. The van der Waals surface area contributed by atoms with Crippen LogP contribution in [0.1, 0.15) is 90.9 Å². The Bertz CT molecular complexity index is 796. The molecule has 0 radical (unpaired) electrons. The molecule has 2 aromatic carbocycles. The highest BCUT2D eigenvalue weighted by Gasteiger charge is 2.46. The molecule has 0 aliphatic heterocycles. The predicted octanol–water partition coefficient (Wildman–Crippen LogP) is 9.07. The molecule has 2 heteroatoms. The Morgan fingerprint density at radius 1 is 0.618 bits per heavy atom. The molecule has 3 aliphatic rings. The smallest absolute Gasteiger partial charge is 0.00688 e. The molecule has 3 aliphatic carbocycles. The molecular weight excluding hydrogens is 446 g/mol. The highest BCUT2D eigenvalue weighted by molar-refractivity contribution is 7.73. The molecular formula is C32H46P2. The lowest BCUT2D eigenvalue weighted by Gasteiger charge is -2.46. The minimum Gasteiger partial charge on any atom is -0.0971 e. The van der Waals surface area contributed by atoms with E-state index in [1.807, 2.05) is 0 Å². The van der Waals surface area contributed by atoms with Crippen molar-refractivity contribution in [2.24, 2.45) is 11.8 Å². The second-order valence-electron chi connectivity index (χ2n) is 11.5. The molecule has 3 saturated carbocycles. The fourth-order valence-electron chi connectivity index (χ4n) is 7.80. The molecule has 4 atom stereocenters. The van der Waals surface area contributed by atoms with Crippen molar-refractivity contribution in [1.29, 1.82) is 0 Å². The molecule has 0 aromatic heterocycles. The molecule has 2 aromatic rings. The van der Waals surface area contributed by atoms with E-state index in [0.717, 1.165) is 34.5 Å². The highest BCUT2D eigenvalue weighted by atomic mass is 31.1. The lowest BCUT2D eigenvalue weighted by Crippen LogP contribution is -2.36. The molecule has 0 amide bonds. The summed E-state index contributed by atoms with van der Waals surface area (Å²) < 4.78 is 0. The largest absolute Gasteiger partial charge is 0.0971 e. The molecule has 0 bridgehead atoms. The third kappa shape index (κ3) is 5.50. The average Bonchev–Trinajstić information content (AvgIpc) is 3.28. The van der Waals surface area contributed by atoms with Crippen molar-refractivity contribution in [2.45, 2.75) is 114 Å². The van der Waals surface area contributed by atoms with Gasteiger partial charge in [-0.3, -0.25) is 0 Å². The van der Waals surface area contributed by atoms with Crippen LogP contribution in [0, 0.1) is 11.8 Å². The molecule has 0 saturated heterocycles. The van der Waals surface area contributed by atoms with Crippen LogP contribution in [0.4, 0.5) is 0 Å². The minimum atomic E-state index is -0.312. The Hall–Kier alpha value is -0.700. The standard InChI is InChI=1S/C32H46P2/c1-25-23-24-31(26(2)33(27-15-7-3-8-16-27)28-17-9-4-10-18-28)32(25)34(29-19-11-5-12-20-29)30-21-13-6-14-22-30/h5-6,11-14,19-22,25-28,31-32H,3-4,7-10,15-18,23-24H2,1-2H3/t25-,26-,31-,32?/m0/s1. The normalized spacial score (nSPS) is 27.9. The van der Waals surface area contributed by atoms with Crippen LogP contribution in [0.5, 0.6) is 0 Å². The van der Waals surface area contributed by atoms with Gasteiger partial charge in [0.1, 0.15) is 0 Å². The van der Waals surface area contributed by atoms with Crippen LogP contribution in [0.25, 0.3) is 0 Å². The van der Waals surface area contributed by atoms with Crippen molar-refractivity contribution in [3.63, 3.8) is 0 Å². The molecule has 184 valence electrons. The maximum absolute atomic E-state index is 2.76. The Balaban J connectivity index is 1.49. The Morgan fingerprint density at radius 2 is 1.09 bits per heavy atom. The lowest BCUT2D eigenvalue weighted by molar-refractivity contribution is 0.463. The zero-order chi connectivity index (χ0) is 23.3. The van der Waals surface area contributed by atoms with Gasteiger partial charge in [-0.15, -0.1) is 0 Å². The minimum absolute atomic E-state index is 0.133. The summed E-state index contributed by atoms with van der Waals surface area (Å²) >= 11 is 0. The van der Waals surface area contributed by atoms with Gasteiger partial charge in [-0.05, 0) is 91.5 Å². The molecule has 34 heavy (non-hydrogen) atoms. The molecule has 5 rings (SSSR count). The Morgan fingerprint density at radius 3 is 1.56 bits per heavy atom. The van der Waals surface area contributed by atoms with Crippen LogP contribution in [-0.4, -0.2) is 22.6 Å². The van der Waals surface area contributed by atoms with E-state index in [1.165, 1.54) is 51.4 Å². The van der Waals surface area contributed by atoms with Crippen LogP contribution >= 0.6 is 15.8 Å². The van der Waals surface area contributed by atoms with Crippen molar-refractivity contribution in [3.05, 3.63) is 60.7 Å². The summed E-state index contributed by atoms with van der Waals surface area (Å²) in [6.07, 6.45) is 18.1. The number of benzene rings is 2. The van der Waals surface area contributed by atoms with E-state index in [1.54, 1.807) is 36.3 Å². The third-order valence-electron chi connectivity index (χ3n) is 9.43. The van der Waals surface area contributed by atoms with E-state index in [2.05, 4.69) is 74.5 Å². The van der Waals surface area contributed by atoms with Crippen molar-refractivity contribution >= 4 is 26.5 Å². The molecule has 0 nitrogen and oxygen atoms in total. The van der Waals surface area contributed by atoms with E-state index < -0.39 is 0 Å². The summed E-state index contributed by atoms with van der Waals surface area (Å²) in [7, 11) is -0.179. The van der Waals surface area contributed by atoms with Crippen LogP contribution in [-0.2, 0) is 0 Å². The van der Waals surface area contributed by atoms with Crippen molar-refractivity contribution in [2.75, 3.05) is 0 Å². The quantitative estimate of drug-likeness (QED) is 0.338. The number of rotatable bonds is 7. The van der Waals surface area contributed by atoms with E-state index >= 15 is 0 Å². The van der Waals surface area contributed by atoms with Gasteiger partial charge in [0.15, 0.2) is 0 Å².